The van der Waals surface area contributed by atoms with Crippen LogP contribution in [0.4, 0.5) is 0 Å². The first-order valence-corrected chi connectivity index (χ1v) is 13.1. The lowest BCUT2D eigenvalue weighted by molar-refractivity contribution is 0.0741. The predicted octanol–water partition coefficient (Wildman–Crippen LogP) is 6.42. The van der Waals surface area contributed by atoms with Crippen LogP contribution in [0, 0.1) is 11.8 Å². The van der Waals surface area contributed by atoms with Crippen LogP contribution in [0.25, 0.3) is 22.4 Å². The number of carbonyl (C=O) groups is 1. The molecule has 0 saturated heterocycles. The highest BCUT2D eigenvalue weighted by Gasteiger charge is 2.21. The number of nitrogens with zero attached hydrogens (tertiary/aromatic N) is 3. The maximum Gasteiger partial charge on any atom is 0.253 e. The number of benzene rings is 2. The highest BCUT2D eigenvalue weighted by atomic mass is 16.6. The van der Waals surface area contributed by atoms with Gasteiger partial charge in [-0.25, -0.2) is 4.98 Å². The molecule has 188 valence electrons. The maximum absolute atomic E-state index is 13.6. The summed E-state index contributed by atoms with van der Waals surface area (Å²) in [5.41, 5.74) is 3.62. The molecule has 0 aliphatic carbocycles. The number of hydrogen-bond donors (Lipinski definition) is 0. The smallest absolute Gasteiger partial charge is 0.253 e. The largest absolute Gasteiger partial charge is 0.486 e. The molecule has 1 aromatic heterocycles. The summed E-state index contributed by atoms with van der Waals surface area (Å²) in [6.45, 7) is 14.5. The number of ether oxygens (including phenoxy) is 2. The zero-order chi connectivity index (χ0) is 24.9. The van der Waals surface area contributed by atoms with Crippen LogP contribution in [0.5, 0.6) is 11.5 Å². The molecule has 0 N–H and O–H groups in total. The fourth-order valence-electron chi connectivity index (χ4n) is 4.43. The molecule has 0 saturated carbocycles. The Kier molecular flexibility index (Phi) is 7.99. The van der Waals surface area contributed by atoms with Gasteiger partial charge in [-0.1, -0.05) is 34.6 Å². The van der Waals surface area contributed by atoms with Crippen molar-refractivity contribution in [3.05, 3.63) is 42.0 Å². The Labute approximate surface area is 209 Å². The summed E-state index contributed by atoms with van der Waals surface area (Å²) in [7, 11) is 0. The highest BCUT2D eigenvalue weighted by Crippen LogP contribution is 2.35. The topological polar surface area (TPSA) is 56.6 Å². The average molecular weight is 478 g/mol. The number of rotatable bonds is 10. The molecular weight excluding hydrogens is 438 g/mol. The Morgan fingerprint density at radius 1 is 0.971 bits per heavy atom. The normalized spacial score (nSPS) is 13.1. The summed E-state index contributed by atoms with van der Waals surface area (Å²) in [4.78, 5) is 20.6. The molecule has 35 heavy (non-hydrogen) atoms. The molecule has 4 rings (SSSR count). The molecule has 0 radical (unpaired) electrons. The van der Waals surface area contributed by atoms with Gasteiger partial charge in [-0.15, -0.1) is 0 Å². The minimum Gasteiger partial charge on any atom is -0.486 e. The van der Waals surface area contributed by atoms with E-state index < -0.39 is 0 Å². The van der Waals surface area contributed by atoms with Crippen LogP contribution in [0.3, 0.4) is 0 Å². The second-order valence-electron chi connectivity index (χ2n) is 10.3. The minimum absolute atomic E-state index is 0.110. The molecule has 6 nitrogen and oxygen atoms in total. The van der Waals surface area contributed by atoms with E-state index in [1.54, 1.807) is 0 Å². The lowest BCUT2D eigenvalue weighted by Crippen LogP contribution is -2.34. The molecule has 0 bridgehead atoms. The van der Waals surface area contributed by atoms with Crippen LogP contribution >= 0.6 is 0 Å². The molecule has 2 heterocycles. The molecule has 6 heteroatoms. The van der Waals surface area contributed by atoms with Crippen molar-refractivity contribution in [2.45, 2.75) is 60.4 Å². The van der Waals surface area contributed by atoms with Crippen LogP contribution in [-0.4, -0.2) is 46.7 Å². The van der Waals surface area contributed by atoms with Crippen LogP contribution in [0.2, 0.25) is 0 Å². The van der Waals surface area contributed by atoms with E-state index in [1.807, 2.05) is 41.3 Å². The van der Waals surface area contributed by atoms with E-state index in [4.69, 9.17) is 14.5 Å². The molecule has 1 aliphatic heterocycles. The summed E-state index contributed by atoms with van der Waals surface area (Å²) < 4.78 is 13.7. The van der Waals surface area contributed by atoms with E-state index in [2.05, 4.69) is 39.2 Å². The lowest BCUT2D eigenvalue weighted by Gasteiger charge is -2.24. The van der Waals surface area contributed by atoms with Crippen molar-refractivity contribution in [2.24, 2.45) is 11.8 Å². The van der Waals surface area contributed by atoms with Crippen LogP contribution < -0.4 is 9.47 Å². The molecule has 1 amide bonds. The van der Waals surface area contributed by atoms with Gasteiger partial charge in [0.2, 0.25) is 0 Å². The van der Waals surface area contributed by atoms with Crippen LogP contribution in [0.15, 0.2) is 36.4 Å². The number of imidazole rings is 1. The van der Waals surface area contributed by atoms with Crippen molar-refractivity contribution in [1.82, 2.24) is 14.5 Å². The quantitative estimate of drug-likeness (QED) is 0.338. The van der Waals surface area contributed by atoms with Crippen molar-refractivity contribution < 1.29 is 14.3 Å². The van der Waals surface area contributed by atoms with E-state index in [1.165, 1.54) is 0 Å². The van der Waals surface area contributed by atoms with Crippen molar-refractivity contribution in [3.8, 4) is 22.9 Å². The summed E-state index contributed by atoms with van der Waals surface area (Å²) in [6.07, 6.45) is 2.98. The third-order valence-corrected chi connectivity index (χ3v) is 6.48. The minimum atomic E-state index is 0.110. The standard InChI is InChI=1S/C29H39N3O3/c1-6-13-32-25-18-23(29(33)31(14-11-20(2)3)15-12-21(4)5)7-9-24(25)30-28(32)22-8-10-26-27(19-22)35-17-16-34-26/h7-10,18-21H,6,11-17H2,1-5H3. The van der Waals surface area contributed by atoms with E-state index >= 15 is 0 Å². The summed E-state index contributed by atoms with van der Waals surface area (Å²) >= 11 is 0. The zero-order valence-corrected chi connectivity index (χ0v) is 21.8. The molecule has 3 aromatic rings. The fraction of sp³-hybridized carbons (Fsp3) is 0.517. The molecule has 0 unspecified atom stereocenters. The predicted molar refractivity (Wildman–Crippen MR) is 141 cm³/mol. The Bertz CT molecular complexity index is 1150. The number of aryl methyl sites for hydroxylation is 1. The number of fused-ring (bicyclic) bond motifs is 2. The summed E-state index contributed by atoms with van der Waals surface area (Å²) in [6, 6.07) is 11.9. The molecule has 0 spiro atoms. The van der Waals surface area contributed by atoms with Gasteiger partial charge in [0.1, 0.15) is 19.0 Å². The van der Waals surface area contributed by atoms with Gasteiger partial charge in [-0.05, 0) is 67.5 Å². The molecule has 0 atom stereocenters. The van der Waals surface area contributed by atoms with Gasteiger partial charge in [0.15, 0.2) is 11.5 Å². The van der Waals surface area contributed by atoms with Crippen molar-refractivity contribution in [1.29, 1.82) is 0 Å². The van der Waals surface area contributed by atoms with Crippen molar-refractivity contribution in [3.63, 3.8) is 0 Å². The Morgan fingerprint density at radius 3 is 2.31 bits per heavy atom. The van der Waals surface area contributed by atoms with Gasteiger partial charge in [0.25, 0.3) is 5.91 Å². The highest BCUT2D eigenvalue weighted by molar-refractivity contribution is 5.98. The number of hydrogen-bond acceptors (Lipinski definition) is 4. The van der Waals surface area contributed by atoms with Gasteiger partial charge in [0, 0.05) is 30.8 Å². The van der Waals surface area contributed by atoms with Gasteiger partial charge in [0.05, 0.1) is 11.0 Å². The molecule has 2 aromatic carbocycles. The Balaban J connectivity index is 1.69. The van der Waals surface area contributed by atoms with E-state index in [-0.39, 0.29) is 5.91 Å². The third-order valence-electron chi connectivity index (χ3n) is 6.48. The van der Waals surface area contributed by atoms with E-state index in [9.17, 15) is 4.79 Å². The molecule has 0 fully saturated rings. The van der Waals surface area contributed by atoms with Crippen LogP contribution in [-0.2, 0) is 6.54 Å². The average Bonchev–Trinajstić information content (AvgIpc) is 3.21. The van der Waals surface area contributed by atoms with Gasteiger partial charge in [-0.3, -0.25) is 4.79 Å². The van der Waals surface area contributed by atoms with Crippen molar-refractivity contribution in [2.75, 3.05) is 26.3 Å². The van der Waals surface area contributed by atoms with Gasteiger partial charge in [-0.2, -0.15) is 0 Å². The number of aromatic nitrogens is 2. The number of amides is 1. The number of carbonyl (C=O) groups excluding carboxylic acids is 1. The van der Waals surface area contributed by atoms with E-state index in [0.717, 1.165) is 78.4 Å². The monoisotopic (exact) mass is 477 g/mol. The first-order valence-electron chi connectivity index (χ1n) is 13.1. The third kappa shape index (κ3) is 5.80. The Morgan fingerprint density at radius 2 is 1.66 bits per heavy atom. The molecule has 1 aliphatic rings. The zero-order valence-electron chi connectivity index (χ0n) is 21.8. The van der Waals surface area contributed by atoms with Gasteiger partial charge >= 0.3 is 0 Å². The second kappa shape index (κ2) is 11.1. The summed E-state index contributed by atoms with van der Waals surface area (Å²) in [5, 5.41) is 0. The fourth-order valence-corrected chi connectivity index (χ4v) is 4.43. The van der Waals surface area contributed by atoms with Crippen molar-refractivity contribution >= 4 is 16.9 Å². The first-order chi connectivity index (χ1) is 16.9. The molecular formula is C29H39N3O3. The Hall–Kier alpha value is -3.02. The summed E-state index contributed by atoms with van der Waals surface area (Å²) in [5.74, 6) is 3.65. The van der Waals surface area contributed by atoms with E-state index in [0.29, 0.717) is 25.0 Å². The SMILES string of the molecule is CCCn1c(-c2ccc3c(c2)OCCO3)nc2ccc(C(=O)N(CCC(C)C)CCC(C)C)cc21. The second-order valence-corrected chi connectivity index (χ2v) is 10.3. The lowest BCUT2D eigenvalue weighted by atomic mass is 10.1. The maximum atomic E-state index is 13.6. The first kappa shape index (κ1) is 25.1. The van der Waals surface area contributed by atoms with Gasteiger partial charge < -0.3 is 18.9 Å². The van der Waals surface area contributed by atoms with Crippen LogP contribution in [0.1, 0.15) is 64.2 Å².